The van der Waals surface area contributed by atoms with E-state index in [9.17, 15) is 0 Å². The Labute approximate surface area is 125 Å². The van der Waals surface area contributed by atoms with Crippen molar-refractivity contribution in [1.29, 1.82) is 0 Å². The topological polar surface area (TPSA) is 48.1 Å². The van der Waals surface area contributed by atoms with Crippen LogP contribution in [0.5, 0.6) is 5.75 Å². The Kier molecular flexibility index (Phi) is 5.36. The molecule has 0 saturated heterocycles. The molecule has 3 nitrogen and oxygen atoms in total. The maximum atomic E-state index is 5.96. The van der Waals surface area contributed by atoms with Gasteiger partial charge in [-0.15, -0.1) is 11.3 Å². The smallest absolute Gasteiger partial charge is 0.134 e. The quantitative estimate of drug-likeness (QED) is 0.870. The average molecular weight is 341 g/mol. The fourth-order valence-corrected chi connectivity index (χ4v) is 2.78. The Bertz CT molecular complexity index is 516. The number of hydrogen-bond acceptors (Lipinski definition) is 4. The van der Waals surface area contributed by atoms with Gasteiger partial charge in [-0.2, -0.15) is 0 Å². The van der Waals surface area contributed by atoms with Gasteiger partial charge in [0, 0.05) is 11.4 Å². The zero-order valence-corrected chi connectivity index (χ0v) is 13.2. The number of aromatic nitrogens is 1. The van der Waals surface area contributed by atoms with Crippen LogP contribution >= 0.6 is 27.3 Å². The van der Waals surface area contributed by atoms with E-state index in [1.54, 1.807) is 11.3 Å². The van der Waals surface area contributed by atoms with Gasteiger partial charge in [-0.25, -0.2) is 4.98 Å². The molecule has 0 aliphatic carbocycles. The summed E-state index contributed by atoms with van der Waals surface area (Å²) in [6, 6.07) is 6.34. The van der Waals surface area contributed by atoms with E-state index in [2.05, 4.69) is 40.0 Å². The van der Waals surface area contributed by atoms with Crippen molar-refractivity contribution in [2.45, 2.75) is 32.4 Å². The summed E-state index contributed by atoms with van der Waals surface area (Å²) >= 11 is 5.11. The van der Waals surface area contributed by atoms with Crippen LogP contribution in [0.1, 0.15) is 24.6 Å². The molecule has 0 aliphatic rings. The van der Waals surface area contributed by atoms with E-state index < -0.39 is 0 Å². The summed E-state index contributed by atoms with van der Waals surface area (Å²) in [7, 11) is 0. The minimum absolute atomic E-state index is 0.216. The first-order valence-electron chi connectivity index (χ1n) is 6.23. The summed E-state index contributed by atoms with van der Waals surface area (Å²) in [4.78, 5) is 4.19. The van der Waals surface area contributed by atoms with Gasteiger partial charge in [0.05, 0.1) is 15.7 Å². The second-order valence-electron chi connectivity index (χ2n) is 4.41. The van der Waals surface area contributed by atoms with Gasteiger partial charge in [-0.3, -0.25) is 0 Å². The first-order chi connectivity index (χ1) is 9.19. The lowest BCUT2D eigenvalue weighted by Gasteiger charge is -2.11. The van der Waals surface area contributed by atoms with E-state index >= 15 is 0 Å². The van der Waals surface area contributed by atoms with Crippen LogP contribution in [0.15, 0.2) is 33.6 Å². The molecule has 102 valence electrons. The fraction of sp³-hybridized carbons (Fsp3) is 0.357. The zero-order valence-electron chi connectivity index (χ0n) is 10.8. The minimum Gasteiger partial charge on any atom is -0.486 e. The standard InChI is InChI=1S/C14H17BrN2OS/c1-2-11(16)5-10-3-4-14(13(15)6-10)18-7-12-8-19-9-17-12/h3-4,6,8-9,11H,2,5,7,16H2,1H3. The summed E-state index contributed by atoms with van der Waals surface area (Å²) in [6.45, 7) is 2.60. The molecule has 0 radical (unpaired) electrons. The van der Waals surface area contributed by atoms with Crippen molar-refractivity contribution in [1.82, 2.24) is 4.98 Å². The van der Waals surface area contributed by atoms with Gasteiger partial charge in [0.1, 0.15) is 12.4 Å². The fourth-order valence-electron chi connectivity index (χ4n) is 1.70. The largest absolute Gasteiger partial charge is 0.486 e. The van der Waals surface area contributed by atoms with E-state index in [4.69, 9.17) is 10.5 Å². The number of ether oxygens (including phenoxy) is 1. The van der Waals surface area contributed by atoms with Crippen LogP contribution in [0.2, 0.25) is 0 Å². The van der Waals surface area contributed by atoms with Gasteiger partial charge in [-0.1, -0.05) is 13.0 Å². The Balaban J connectivity index is 1.98. The third-order valence-electron chi connectivity index (χ3n) is 2.88. The molecular formula is C14H17BrN2OS. The molecule has 0 aliphatic heterocycles. The summed E-state index contributed by atoms with van der Waals surface area (Å²) in [6.07, 6.45) is 1.88. The molecule has 1 aromatic carbocycles. The van der Waals surface area contributed by atoms with Crippen LogP contribution in [0.25, 0.3) is 0 Å². The molecule has 2 aromatic rings. The lowest BCUT2D eigenvalue weighted by Crippen LogP contribution is -2.21. The van der Waals surface area contributed by atoms with Crippen LogP contribution in [-0.2, 0) is 13.0 Å². The zero-order chi connectivity index (χ0) is 13.7. The molecule has 2 rings (SSSR count). The highest BCUT2D eigenvalue weighted by atomic mass is 79.9. The molecule has 1 atom stereocenters. The van der Waals surface area contributed by atoms with Gasteiger partial charge < -0.3 is 10.5 Å². The molecule has 0 saturated carbocycles. The number of thiazole rings is 1. The third-order valence-corrected chi connectivity index (χ3v) is 4.13. The van der Waals surface area contributed by atoms with Crippen molar-refractivity contribution in [2.75, 3.05) is 0 Å². The number of halogens is 1. The molecule has 0 bridgehead atoms. The highest BCUT2D eigenvalue weighted by Crippen LogP contribution is 2.27. The average Bonchev–Trinajstić information content (AvgIpc) is 2.91. The molecule has 1 aromatic heterocycles. The molecule has 5 heteroatoms. The van der Waals surface area contributed by atoms with E-state index in [0.29, 0.717) is 6.61 Å². The van der Waals surface area contributed by atoms with E-state index in [0.717, 1.165) is 28.8 Å². The first kappa shape index (κ1) is 14.5. The Morgan fingerprint density at radius 3 is 2.95 bits per heavy atom. The Morgan fingerprint density at radius 2 is 2.32 bits per heavy atom. The molecule has 1 unspecified atom stereocenters. The minimum atomic E-state index is 0.216. The van der Waals surface area contributed by atoms with E-state index in [-0.39, 0.29) is 6.04 Å². The van der Waals surface area contributed by atoms with Crippen molar-refractivity contribution in [3.05, 3.63) is 44.8 Å². The highest BCUT2D eigenvalue weighted by molar-refractivity contribution is 9.10. The highest BCUT2D eigenvalue weighted by Gasteiger charge is 2.06. The number of nitrogens with two attached hydrogens (primary N) is 1. The Hall–Kier alpha value is -0.910. The molecular weight excluding hydrogens is 324 g/mol. The SMILES string of the molecule is CCC(N)Cc1ccc(OCc2cscn2)c(Br)c1. The van der Waals surface area contributed by atoms with Gasteiger partial charge in [0.2, 0.25) is 0 Å². The van der Waals surface area contributed by atoms with Crippen LogP contribution in [-0.4, -0.2) is 11.0 Å². The first-order valence-corrected chi connectivity index (χ1v) is 7.96. The molecule has 0 spiro atoms. The predicted molar refractivity (Wildman–Crippen MR) is 82.6 cm³/mol. The second-order valence-corrected chi connectivity index (χ2v) is 5.98. The van der Waals surface area contributed by atoms with Gasteiger partial charge >= 0.3 is 0 Å². The van der Waals surface area contributed by atoms with Crippen LogP contribution in [0.4, 0.5) is 0 Å². The molecule has 1 heterocycles. The second kappa shape index (κ2) is 7.03. The number of hydrogen-bond donors (Lipinski definition) is 1. The number of nitrogens with zero attached hydrogens (tertiary/aromatic N) is 1. The van der Waals surface area contributed by atoms with Crippen molar-refractivity contribution in [3.63, 3.8) is 0 Å². The van der Waals surface area contributed by atoms with Crippen molar-refractivity contribution < 1.29 is 4.74 Å². The molecule has 0 amide bonds. The lowest BCUT2D eigenvalue weighted by molar-refractivity contribution is 0.300. The van der Waals surface area contributed by atoms with Crippen molar-refractivity contribution >= 4 is 27.3 Å². The summed E-state index contributed by atoms with van der Waals surface area (Å²) in [5.41, 5.74) is 9.95. The normalized spacial score (nSPS) is 12.4. The maximum Gasteiger partial charge on any atom is 0.134 e. The third kappa shape index (κ3) is 4.30. The van der Waals surface area contributed by atoms with E-state index in [1.807, 2.05) is 17.0 Å². The maximum absolute atomic E-state index is 5.96. The van der Waals surface area contributed by atoms with Gasteiger partial charge in [0.15, 0.2) is 0 Å². The Morgan fingerprint density at radius 1 is 1.47 bits per heavy atom. The number of rotatable bonds is 6. The van der Waals surface area contributed by atoms with Gasteiger partial charge in [0.25, 0.3) is 0 Å². The summed E-state index contributed by atoms with van der Waals surface area (Å²) < 4.78 is 6.70. The van der Waals surface area contributed by atoms with E-state index in [1.165, 1.54) is 5.56 Å². The van der Waals surface area contributed by atoms with Gasteiger partial charge in [-0.05, 0) is 46.5 Å². The molecule has 19 heavy (non-hydrogen) atoms. The summed E-state index contributed by atoms with van der Waals surface area (Å²) in [5.74, 6) is 0.835. The van der Waals surface area contributed by atoms with Crippen molar-refractivity contribution in [3.8, 4) is 5.75 Å². The van der Waals surface area contributed by atoms with Crippen LogP contribution in [0, 0.1) is 0 Å². The van der Waals surface area contributed by atoms with Crippen molar-refractivity contribution in [2.24, 2.45) is 5.73 Å². The predicted octanol–water partition coefficient (Wildman–Crippen LogP) is 3.76. The number of benzene rings is 1. The van der Waals surface area contributed by atoms with Crippen LogP contribution < -0.4 is 10.5 Å². The lowest BCUT2D eigenvalue weighted by atomic mass is 10.0. The molecule has 0 fully saturated rings. The van der Waals surface area contributed by atoms with Crippen LogP contribution in [0.3, 0.4) is 0 Å². The summed E-state index contributed by atoms with van der Waals surface area (Å²) in [5, 5.41) is 1.99. The monoisotopic (exact) mass is 340 g/mol. The molecule has 2 N–H and O–H groups in total.